The number of carbonyl (C=O) groups excluding carboxylic acids is 1. The molecule has 0 fully saturated rings. The molecule has 2 aromatic carbocycles. The Bertz CT molecular complexity index is 1390. The predicted molar refractivity (Wildman–Crippen MR) is 141 cm³/mol. The Kier molecular flexibility index (Phi) is 6.14. The van der Waals surface area contributed by atoms with Crippen molar-refractivity contribution >= 4 is 66.6 Å². The number of aliphatic imine (C=N–C) groups is 1. The number of hydrazone groups is 1. The molecule has 0 bridgehead atoms. The SMILES string of the molecule is CC(C)C1=NN2C(=N)C(=Cc3cn(CCOc4ccc(Br)cc4)c4ccccc34)C(=O)N=C2S1. The standard InChI is InChI=1S/C25H22BrN5O2S/c1-15(2)24-29-31-22(27)20(23(32)28-25(31)34-24)13-16-14-30(21-6-4-3-5-19(16)21)11-12-33-18-9-7-17(26)8-10-18/h3-10,13-15,27H,11-12H2,1-2H3. The summed E-state index contributed by atoms with van der Waals surface area (Å²) in [5.74, 6) is 0.640. The number of ether oxygens (including phenoxy) is 1. The summed E-state index contributed by atoms with van der Waals surface area (Å²) in [4.78, 5) is 17.0. The summed E-state index contributed by atoms with van der Waals surface area (Å²) in [6, 6.07) is 15.7. The van der Waals surface area contributed by atoms with Gasteiger partial charge in [0.15, 0.2) is 5.84 Å². The van der Waals surface area contributed by atoms with E-state index in [9.17, 15) is 4.79 Å². The van der Waals surface area contributed by atoms with E-state index in [1.165, 1.54) is 16.8 Å². The second-order valence-corrected chi connectivity index (χ2v) is 10.1. The maximum Gasteiger partial charge on any atom is 0.283 e. The third kappa shape index (κ3) is 4.33. The topological polar surface area (TPSA) is 83.0 Å². The first-order chi connectivity index (χ1) is 16.4. The molecule has 5 rings (SSSR count). The largest absolute Gasteiger partial charge is 0.492 e. The fourth-order valence-corrected chi connectivity index (χ4v) is 4.92. The number of rotatable bonds is 6. The Morgan fingerprint density at radius 3 is 2.71 bits per heavy atom. The Labute approximate surface area is 209 Å². The lowest BCUT2D eigenvalue weighted by Crippen LogP contribution is -2.35. The van der Waals surface area contributed by atoms with Crippen LogP contribution in [0.1, 0.15) is 19.4 Å². The molecule has 0 radical (unpaired) electrons. The van der Waals surface area contributed by atoms with Crippen molar-refractivity contribution < 1.29 is 9.53 Å². The second kappa shape index (κ2) is 9.23. The number of fused-ring (bicyclic) bond motifs is 2. The van der Waals surface area contributed by atoms with Gasteiger partial charge in [0.2, 0.25) is 5.17 Å². The van der Waals surface area contributed by atoms with Crippen LogP contribution in [0, 0.1) is 11.3 Å². The first-order valence-electron chi connectivity index (χ1n) is 10.9. The van der Waals surface area contributed by atoms with E-state index in [2.05, 4.69) is 30.6 Å². The minimum atomic E-state index is -0.417. The van der Waals surface area contributed by atoms with Gasteiger partial charge in [0.05, 0.1) is 12.1 Å². The molecule has 0 saturated carbocycles. The van der Waals surface area contributed by atoms with Crippen LogP contribution < -0.4 is 4.74 Å². The Hall–Kier alpha value is -3.17. The third-order valence-corrected chi connectivity index (χ3v) is 7.24. The van der Waals surface area contributed by atoms with E-state index in [0.717, 1.165) is 31.7 Å². The lowest BCUT2D eigenvalue weighted by molar-refractivity contribution is -0.114. The first kappa shape index (κ1) is 22.6. The minimum absolute atomic E-state index is 0.0496. The van der Waals surface area contributed by atoms with Gasteiger partial charge in [0.1, 0.15) is 17.4 Å². The van der Waals surface area contributed by atoms with Crippen LogP contribution in [0.2, 0.25) is 0 Å². The van der Waals surface area contributed by atoms with Crippen molar-refractivity contribution in [3.63, 3.8) is 0 Å². The molecule has 0 atom stereocenters. The number of hydrogen-bond acceptors (Lipinski definition) is 5. The van der Waals surface area contributed by atoms with Gasteiger partial charge in [-0.1, -0.05) is 48.0 Å². The highest BCUT2D eigenvalue weighted by Crippen LogP contribution is 2.32. The molecule has 1 aromatic heterocycles. The number of amides is 1. The van der Waals surface area contributed by atoms with Crippen LogP contribution in [-0.4, -0.2) is 38.1 Å². The van der Waals surface area contributed by atoms with Crippen LogP contribution in [0.5, 0.6) is 5.75 Å². The molecular weight excluding hydrogens is 514 g/mol. The highest BCUT2D eigenvalue weighted by molar-refractivity contribution is 9.10. The van der Waals surface area contributed by atoms with Gasteiger partial charge in [-0.3, -0.25) is 10.2 Å². The smallest absolute Gasteiger partial charge is 0.283 e. The Morgan fingerprint density at radius 2 is 1.94 bits per heavy atom. The average molecular weight is 536 g/mol. The van der Waals surface area contributed by atoms with Gasteiger partial charge in [-0.2, -0.15) is 15.1 Å². The van der Waals surface area contributed by atoms with Gasteiger partial charge < -0.3 is 9.30 Å². The van der Waals surface area contributed by atoms with E-state index in [1.807, 2.05) is 68.6 Å². The van der Waals surface area contributed by atoms with Crippen LogP contribution in [0.15, 0.2) is 74.9 Å². The maximum atomic E-state index is 12.8. The van der Waals surface area contributed by atoms with Crippen molar-refractivity contribution in [1.29, 1.82) is 5.41 Å². The number of nitrogens with one attached hydrogen (secondary N) is 1. The lowest BCUT2D eigenvalue weighted by atomic mass is 10.1. The number of thioether (sulfide) groups is 1. The van der Waals surface area contributed by atoms with E-state index in [0.29, 0.717) is 18.3 Å². The van der Waals surface area contributed by atoms with Gasteiger partial charge in [0, 0.05) is 33.1 Å². The molecule has 2 aliphatic rings. The number of halogens is 1. The average Bonchev–Trinajstić information content (AvgIpc) is 3.40. The van der Waals surface area contributed by atoms with Crippen LogP contribution in [0.25, 0.3) is 17.0 Å². The van der Waals surface area contributed by atoms with E-state index >= 15 is 0 Å². The number of carbonyl (C=O) groups is 1. The normalized spacial score (nSPS) is 16.9. The molecule has 1 N–H and O–H groups in total. The summed E-state index contributed by atoms with van der Waals surface area (Å²) >= 11 is 4.78. The molecule has 172 valence electrons. The molecule has 7 nitrogen and oxygen atoms in total. The molecule has 34 heavy (non-hydrogen) atoms. The molecule has 0 saturated heterocycles. The molecule has 0 unspecified atom stereocenters. The minimum Gasteiger partial charge on any atom is -0.492 e. The third-order valence-electron chi connectivity index (χ3n) is 5.50. The number of amidine groups is 2. The van der Waals surface area contributed by atoms with Gasteiger partial charge in [-0.15, -0.1) is 0 Å². The molecule has 0 spiro atoms. The van der Waals surface area contributed by atoms with Crippen molar-refractivity contribution in [3.8, 4) is 5.75 Å². The Morgan fingerprint density at radius 1 is 1.18 bits per heavy atom. The van der Waals surface area contributed by atoms with Gasteiger partial charge in [-0.25, -0.2) is 0 Å². The van der Waals surface area contributed by atoms with E-state index in [1.54, 1.807) is 6.08 Å². The molecule has 3 heterocycles. The fourth-order valence-electron chi connectivity index (χ4n) is 3.76. The molecule has 0 aliphatic carbocycles. The van der Waals surface area contributed by atoms with Crippen LogP contribution in [-0.2, 0) is 11.3 Å². The van der Waals surface area contributed by atoms with Gasteiger partial charge in [-0.05, 0) is 48.2 Å². The number of nitrogens with zero attached hydrogens (tertiary/aromatic N) is 4. The summed E-state index contributed by atoms with van der Waals surface area (Å²) in [5, 5.41) is 16.9. The van der Waals surface area contributed by atoms with Crippen molar-refractivity contribution in [2.45, 2.75) is 20.4 Å². The Balaban J connectivity index is 1.42. The molecule has 2 aliphatic heterocycles. The maximum absolute atomic E-state index is 12.8. The van der Waals surface area contributed by atoms with E-state index < -0.39 is 5.91 Å². The summed E-state index contributed by atoms with van der Waals surface area (Å²) in [5.41, 5.74) is 2.11. The zero-order valence-electron chi connectivity index (χ0n) is 18.7. The molecular formula is C25H22BrN5O2S. The van der Waals surface area contributed by atoms with Crippen molar-refractivity contribution in [1.82, 2.24) is 9.58 Å². The number of para-hydroxylation sites is 1. The first-order valence-corrected chi connectivity index (χ1v) is 12.5. The zero-order valence-corrected chi connectivity index (χ0v) is 21.1. The van der Waals surface area contributed by atoms with Crippen LogP contribution in [0.4, 0.5) is 0 Å². The zero-order chi connectivity index (χ0) is 23.8. The van der Waals surface area contributed by atoms with Crippen molar-refractivity contribution in [2.24, 2.45) is 16.0 Å². The van der Waals surface area contributed by atoms with Gasteiger partial charge >= 0.3 is 0 Å². The predicted octanol–water partition coefficient (Wildman–Crippen LogP) is 5.76. The van der Waals surface area contributed by atoms with Gasteiger partial charge in [0.25, 0.3) is 5.91 Å². The highest BCUT2D eigenvalue weighted by Gasteiger charge is 2.36. The fraction of sp³-hybridized carbons (Fsp3) is 0.200. The summed E-state index contributed by atoms with van der Waals surface area (Å²) in [6.07, 6.45) is 3.73. The summed E-state index contributed by atoms with van der Waals surface area (Å²) in [6.45, 7) is 5.19. The van der Waals surface area contributed by atoms with Crippen LogP contribution >= 0.6 is 27.7 Å². The number of aromatic nitrogens is 1. The van der Waals surface area contributed by atoms with E-state index in [-0.39, 0.29) is 17.3 Å². The van der Waals surface area contributed by atoms with E-state index in [4.69, 9.17) is 10.1 Å². The highest BCUT2D eigenvalue weighted by atomic mass is 79.9. The summed E-state index contributed by atoms with van der Waals surface area (Å²) in [7, 11) is 0. The molecule has 9 heteroatoms. The summed E-state index contributed by atoms with van der Waals surface area (Å²) < 4.78 is 9.01. The van der Waals surface area contributed by atoms with Crippen molar-refractivity contribution in [2.75, 3.05) is 6.61 Å². The lowest BCUT2D eigenvalue weighted by Gasteiger charge is -2.20. The molecule has 3 aromatic rings. The monoisotopic (exact) mass is 535 g/mol. The number of benzene rings is 2. The molecule has 1 amide bonds. The van der Waals surface area contributed by atoms with Crippen LogP contribution in [0.3, 0.4) is 0 Å². The second-order valence-electron chi connectivity index (χ2n) is 8.21. The quantitative estimate of drug-likeness (QED) is 0.407. The van der Waals surface area contributed by atoms with Crippen molar-refractivity contribution in [3.05, 3.63) is 70.3 Å². The number of hydrogen-bond donors (Lipinski definition) is 1.